The van der Waals surface area contributed by atoms with Crippen LogP contribution in [0.25, 0.3) is 0 Å². The molecule has 116 valence electrons. The van der Waals surface area contributed by atoms with Crippen LogP contribution in [0, 0.1) is 6.92 Å². The topological polar surface area (TPSA) is 62.5 Å². The Labute approximate surface area is 127 Å². The summed E-state index contributed by atoms with van der Waals surface area (Å²) in [6, 6.07) is 3.80. The van der Waals surface area contributed by atoms with Crippen LogP contribution in [0.1, 0.15) is 35.3 Å². The molecule has 1 aromatic heterocycles. The lowest BCUT2D eigenvalue weighted by Crippen LogP contribution is -2.49. The molecule has 2 heterocycles. The second-order valence-corrected chi connectivity index (χ2v) is 5.65. The summed E-state index contributed by atoms with van der Waals surface area (Å²) in [4.78, 5) is 21.0. The fourth-order valence-electron chi connectivity index (χ4n) is 2.69. The Bertz CT molecular complexity index is 455. The maximum Gasteiger partial charge on any atom is 0.272 e. The van der Waals surface area contributed by atoms with Gasteiger partial charge in [0.1, 0.15) is 5.69 Å². The van der Waals surface area contributed by atoms with E-state index in [0.29, 0.717) is 5.69 Å². The third kappa shape index (κ3) is 4.51. The van der Waals surface area contributed by atoms with E-state index in [-0.39, 0.29) is 5.91 Å². The van der Waals surface area contributed by atoms with Gasteiger partial charge in [-0.3, -0.25) is 14.7 Å². The predicted octanol–water partition coefficient (Wildman–Crippen LogP) is 1.28. The normalized spacial score (nSPS) is 16.2. The van der Waals surface area contributed by atoms with Gasteiger partial charge in [0.15, 0.2) is 0 Å². The summed E-state index contributed by atoms with van der Waals surface area (Å²) in [5, 5.41) is 0. The quantitative estimate of drug-likeness (QED) is 0.802. The average molecular weight is 290 g/mol. The molecule has 1 aromatic rings. The highest BCUT2D eigenvalue weighted by Crippen LogP contribution is 2.11. The largest absolute Gasteiger partial charge is 0.335 e. The van der Waals surface area contributed by atoms with E-state index in [1.165, 1.54) is 12.8 Å². The lowest BCUT2D eigenvalue weighted by molar-refractivity contribution is 0.0628. The van der Waals surface area contributed by atoms with Crippen molar-refractivity contribution in [3.8, 4) is 0 Å². The molecule has 0 saturated carbocycles. The molecule has 5 nitrogen and oxygen atoms in total. The summed E-state index contributed by atoms with van der Waals surface area (Å²) in [5.41, 5.74) is 7.05. The Morgan fingerprint density at radius 2 is 2.00 bits per heavy atom. The fraction of sp³-hybridized carbons (Fsp3) is 0.625. The maximum absolute atomic E-state index is 12.5. The van der Waals surface area contributed by atoms with Crippen molar-refractivity contribution < 1.29 is 4.79 Å². The standard InChI is InChI=1S/C16H26N4O/c1-14-6-5-8-18-15(14)16(21)20-12-10-19(11-13-20)9-4-2-3-7-17/h5-6,8H,2-4,7,9-13,17H2,1H3. The van der Waals surface area contributed by atoms with E-state index in [1.54, 1.807) is 6.20 Å². The zero-order chi connectivity index (χ0) is 15.1. The molecule has 1 aliphatic heterocycles. The number of nitrogens with two attached hydrogens (primary N) is 1. The number of hydrogen-bond acceptors (Lipinski definition) is 4. The molecule has 0 bridgehead atoms. The molecule has 0 spiro atoms. The molecule has 0 unspecified atom stereocenters. The number of amides is 1. The molecule has 21 heavy (non-hydrogen) atoms. The number of nitrogens with zero attached hydrogens (tertiary/aromatic N) is 3. The zero-order valence-electron chi connectivity index (χ0n) is 12.9. The first-order chi connectivity index (χ1) is 10.2. The Balaban J connectivity index is 1.78. The van der Waals surface area contributed by atoms with E-state index in [2.05, 4.69) is 9.88 Å². The van der Waals surface area contributed by atoms with E-state index in [0.717, 1.165) is 51.3 Å². The Kier molecular flexibility index (Phi) is 6.14. The first kappa shape index (κ1) is 15.9. The molecular formula is C16H26N4O. The lowest BCUT2D eigenvalue weighted by atomic mass is 10.1. The molecule has 0 aliphatic carbocycles. The minimum absolute atomic E-state index is 0.0656. The van der Waals surface area contributed by atoms with Gasteiger partial charge in [-0.1, -0.05) is 12.5 Å². The molecule has 0 aromatic carbocycles. The van der Waals surface area contributed by atoms with Crippen LogP contribution in [0.2, 0.25) is 0 Å². The van der Waals surface area contributed by atoms with E-state index in [9.17, 15) is 4.79 Å². The summed E-state index contributed by atoms with van der Waals surface area (Å²) in [7, 11) is 0. The molecule has 1 aliphatic rings. The molecular weight excluding hydrogens is 264 g/mol. The van der Waals surface area contributed by atoms with E-state index in [4.69, 9.17) is 5.73 Å². The molecule has 2 rings (SSSR count). The number of carbonyl (C=O) groups excluding carboxylic acids is 1. The third-order valence-corrected chi connectivity index (χ3v) is 4.05. The minimum atomic E-state index is 0.0656. The van der Waals surface area contributed by atoms with E-state index < -0.39 is 0 Å². The van der Waals surface area contributed by atoms with Crippen LogP contribution >= 0.6 is 0 Å². The maximum atomic E-state index is 12.5. The van der Waals surface area contributed by atoms with Crippen molar-refractivity contribution in [2.45, 2.75) is 26.2 Å². The van der Waals surface area contributed by atoms with Gasteiger partial charge in [0.2, 0.25) is 0 Å². The zero-order valence-corrected chi connectivity index (χ0v) is 12.9. The van der Waals surface area contributed by atoms with Crippen LogP contribution in [0.4, 0.5) is 0 Å². The number of rotatable bonds is 6. The summed E-state index contributed by atoms with van der Waals surface area (Å²) >= 11 is 0. The SMILES string of the molecule is Cc1cccnc1C(=O)N1CCN(CCCCCN)CC1. The van der Waals surface area contributed by atoms with Gasteiger partial charge in [-0.25, -0.2) is 0 Å². The van der Waals surface area contributed by atoms with Crippen molar-refractivity contribution in [3.05, 3.63) is 29.6 Å². The third-order valence-electron chi connectivity index (χ3n) is 4.05. The summed E-state index contributed by atoms with van der Waals surface area (Å²) in [6.45, 7) is 7.35. The summed E-state index contributed by atoms with van der Waals surface area (Å²) < 4.78 is 0. The molecule has 1 fully saturated rings. The molecule has 0 radical (unpaired) electrons. The number of piperazine rings is 1. The highest BCUT2D eigenvalue weighted by Gasteiger charge is 2.23. The molecule has 5 heteroatoms. The number of unbranched alkanes of at least 4 members (excludes halogenated alkanes) is 2. The summed E-state index contributed by atoms with van der Waals surface area (Å²) in [5.74, 6) is 0.0656. The monoisotopic (exact) mass is 290 g/mol. The number of pyridine rings is 1. The average Bonchev–Trinajstić information content (AvgIpc) is 2.52. The second kappa shape index (κ2) is 8.10. The lowest BCUT2D eigenvalue weighted by Gasteiger charge is -2.34. The van der Waals surface area contributed by atoms with Crippen LogP contribution < -0.4 is 5.73 Å². The van der Waals surface area contributed by atoms with Gasteiger partial charge in [-0.2, -0.15) is 0 Å². The van der Waals surface area contributed by atoms with Crippen molar-refractivity contribution in [1.82, 2.24) is 14.8 Å². The van der Waals surface area contributed by atoms with Gasteiger partial charge >= 0.3 is 0 Å². The molecule has 0 atom stereocenters. The van der Waals surface area contributed by atoms with Crippen molar-refractivity contribution >= 4 is 5.91 Å². The fourth-order valence-corrected chi connectivity index (χ4v) is 2.69. The summed E-state index contributed by atoms with van der Waals surface area (Å²) in [6.07, 6.45) is 5.19. The Morgan fingerprint density at radius 3 is 2.67 bits per heavy atom. The van der Waals surface area contributed by atoms with Crippen molar-refractivity contribution in [2.75, 3.05) is 39.3 Å². The van der Waals surface area contributed by atoms with E-state index >= 15 is 0 Å². The van der Waals surface area contributed by atoms with Crippen LogP contribution in [-0.2, 0) is 0 Å². The molecule has 1 saturated heterocycles. The first-order valence-corrected chi connectivity index (χ1v) is 7.85. The smallest absolute Gasteiger partial charge is 0.272 e. The molecule has 1 amide bonds. The minimum Gasteiger partial charge on any atom is -0.335 e. The number of hydrogen-bond donors (Lipinski definition) is 1. The van der Waals surface area contributed by atoms with Gasteiger partial charge in [0.05, 0.1) is 0 Å². The van der Waals surface area contributed by atoms with E-state index in [1.807, 2.05) is 24.0 Å². The van der Waals surface area contributed by atoms with Crippen LogP contribution in [0.5, 0.6) is 0 Å². The second-order valence-electron chi connectivity index (χ2n) is 5.65. The van der Waals surface area contributed by atoms with Gasteiger partial charge < -0.3 is 10.6 Å². The molecule has 2 N–H and O–H groups in total. The van der Waals surface area contributed by atoms with Gasteiger partial charge in [0.25, 0.3) is 5.91 Å². The van der Waals surface area contributed by atoms with Gasteiger partial charge in [0, 0.05) is 32.4 Å². The first-order valence-electron chi connectivity index (χ1n) is 7.85. The number of aromatic nitrogens is 1. The van der Waals surface area contributed by atoms with Crippen molar-refractivity contribution in [3.63, 3.8) is 0 Å². The van der Waals surface area contributed by atoms with Gasteiger partial charge in [-0.15, -0.1) is 0 Å². The predicted molar refractivity (Wildman–Crippen MR) is 84.2 cm³/mol. The number of aryl methyl sites for hydroxylation is 1. The van der Waals surface area contributed by atoms with Crippen molar-refractivity contribution in [1.29, 1.82) is 0 Å². The van der Waals surface area contributed by atoms with Crippen LogP contribution in [-0.4, -0.2) is 60.0 Å². The van der Waals surface area contributed by atoms with Crippen molar-refractivity contribution in [2.24, 2.45) is 5.73 Å². The highest BCUT2D eigenvalue weighted by molar-refractivity contribution is 5.93. The highest BCUT2D eigenvalue weighted by atomic mass is 16.2. The Morgan fingerprint density at radius 1 is 1.24 bits per heavy atom. The van der Waals surface area contributed by atoms with Crippen LogP contribution in [0.15, 0.2) is 18.3 Å². The van der Waals surface area contributed by atoms with Crippen LogP contribution in [0.3, 0.4) is 0 Å². The van der Waals surface area contributed by atoms with Gasteiger partial charge in [-0.05, 0) is 44.5 Å². The Hall–Kier alpha value is -1.46. The number of carbonyl (C=O) groups is 1.